The van der Waals surface area contributed by atoms with Crippen LogP contribution >= 0.6 is 31.5 Å². The van der Waals surface area contributed by atoms with Gasteiger partial charge < -0.3 is 9.42 Å². The highest BCUT2D eigenvalue weighted by atomic mass is 35.5. The number of hydrogen-bond acceptors (Lipinski definition) is 2. The van der Waals surface area contributed by atoms with E-state index in [-0.39, 0.29) is 12.5 Å². The fourth-order valence-electron chi connectivity index (χ4n) is 0.126. The van der Waals surface area contributed by atoms with Gasteiger partial charge >= 0.3 is 8.25 Å². The van der Waals surface area contributed by atoms with Crippen LogP contribution in [0.1, 0.15) is 6.92 Å². The van der Waals surface area contributed by atoms with E-state index in [1.165, 1.54) is 0 Å². The second-order valence-corrected chi connectivity index (χ2v) is 2.80. The predicted molar refractivity (Wildman–Crippen MR) is 44.3 cm³/mol. The average molecular weight is 209 g/mol. The first-order valence-electron chi connectivity index (χ1n) is 2.66. The molecule has 0 aliphatic rings. The van der Waals surface area contributed by atoms with Crippen molar-refractivity contribution in [2.75, 3.05) is 18.4 Å². The van der Waals surface area contributed by atoms with Crippen molar-refractivity contribution in [1.29, 1.82) is 0 Å². The third kappa shape index (κ3) is 23.3. The van der Waals surface area contributed by atoms with E-state index in [9.17, 15) is 4.57 Å². The first-order chi connectivity index (χ1) is 4.68. The fourth-order valence-corrected chi connectivity index (χ4v) is 0.609. The van der Waals surface area contributed by atoms with E-state index in [4.69, 9.17) is 28.1 Å². The van der Waals surface area contributed by atoms with Crippen LogP contribution in [0.3, 0.4) is 0 Å². The molecule has 0 aromatic carbocycles. The van der Waals surface area contributed by atoms with Crippen LogP contribution in [-0.4, -0.2) is 23.3 Å². The molecule has 0 aliphatic carbocycles. The molecule has 0 saturated heterocycles. The Morgan fingerprint density at radius 2 is 2.00 bits per heavy atom. The minimum absolute atomic E-state index is 0.149. The number of rotatable bonds is 3. The number of halogens is 2. The monoisotopic (exact) mass is 208 g/mol. The molecule has 1 atom stereocenters. The molecule has 0 saturated carbocycles. The third-order valence-electron chi connectivity index (χ3n) is 0.303. The van der Waals surface area contributed by atoms with Crippen molar-refractivity contribution in [3.05, 3.63) is 0 Å². The SMILES string of the molecule is CCCl.O=[PH](O)OCCCl. The molecule has 0 aromatic rings. The first-order valence-corrected chi connectivity index (χ1v) is 4.99. The lowest BCUT2D eigenvalue weighted by Gasteiger charge is -1.90. The second-order valence-electron chi connectivity index (χ2n) is 1.07. The lowest BCUT2D eigenvalue weighted by atomic mass is 10.9. The lowest BCUT2D eigenvalue weighted by Crippen LogP contribution is -1.84. The summed E-state index contributed by atoms with van der Waals surface area (Å²) >= 11 is 10.1. The minimum atomic E-state index is -2.73. The summed E-state index contributed by atoms with van der Waals surface area (Å²) in [6.07, 6.45) is 0. The molecule has 1 unspecified atom stereocenters. The van der Waals surface area contributed by atoms with Gasteiger partial charge in [-0.25, -0.2) is 0 Å². The molecule has 3 nitrogen and oxygen atoms in total. The maximum atomic E-state index is 9.66. The topological polar surface area (TPSA) is 46.5 Å². The van der Waals surface area contributed by atoms with Crippen molar-refractivity contribution in [3.63, 3.8) is 0 Å². The molecule has 64 valence electrons. The van der Waals surface area contributed by atoms with Crippen LogP contribution in [0.25, 0.3) is 0 Å². The Morgan fingerprint density at radius 1 is 1.60 bits per heavy atom. The molecule has 0 bridgehead atoms. The van der Waals surface area contributed by atoms with E-state index in [1.807, 2.05) is 6.92 Å². The molecule has 1 N–H and O–H groups in total. The zero-order valence-electron chi connectivity index (χ0n) is 5.64. The van der Waals surface area contributed by atoms with Gasteiger partial charge in [-0.3, -0.25) is 4.57 Å². The first kappa shape index (κ1) is 13.3. The Bertz CT molecular complexity index is 80.9. The fraction of sp³-hybridized carbons (Fsp3) is 1.00. The molecule has 0 spiro atoms. The molecule has 0 aliphatic heterocycles. The standard InChI is InChI=1S/C2H6ClO3P.C2H5Cl/c3-1-2-6-7(4)5;1-2-3/h7H,1-2H2,(H,4,5);2H2,1H3. The normalized spacial score (nSPS) is 11.6. The van der Waals surface area contributed by atoms with Crippen LogP contribution in [0.5, 0.6) is 0 Å². The number of alkyl halides is 2. The smallest absolute Gasteiger partial charge is 0.316 e. The Balaban J connectivity index is 0. The van der Waals surface area contributed by atoms with E-state index in [0.29, 0.717) is 0 Å². The van der Waals surface area contributed by atoms with E-state index < -0.39 is 8.25 Å². The molecule has 6 heteroatoms. The summed E-state index contributed by atoms with van der Waals surface area (Å²) < 4.78 is 13.8. The molecule has 0 aromatic heterocycles. The van der Waals surface area contributed by atoms with Gasteiger partial charge in [-0.05, 0) is 0 Å². The summed E-state index contributed by atoms with van der Waals surface area (Å²) in [4.78, 5) is 7.95. The Morgan fingerprint density at radius 3 is 2.10 bits per heavy atom. The third-order valence-corrected chi connectivity index (χ3v) is 0.908. The molecular weight excluding hydrogens is 198 g/mol. The van der Waals surface area contributed by atoms with Crippen molar-refractivity contribution in [1.82, 2.24) is 0 Å². The molecule has 0 radical (unpaired) electrons. The summed E-state index contributed by atoms with van der Waals surface area (Å²) in [6, 6.07) is 0. The zero-order valence-corrected chi connectivity index (χ0v) is 8.15. The quantitative estimate of drug-likeness (QED) is 0.570. The highest BCUT2D eigenvalue weighted by molar-refractivity contribution is 7.32. The van der Waals surface area contributed by atoms with Crippen LogP contribution in [0.2, 0.25) is 0 Å². The second kappa shape index (κ2) is 12.4. The Hall–Kier alpha value is 0.730. The molecule has 0 amide bonds. The van der Waals surface area contributed by atoms with Crippen molar-refractivity contribution in [2.45, 2.75) is 6.92 Å². The Kier molecular flexibility index (Phi) is 16.5. The summed E-state index contributed by atoms with van der Waals surface area (Å²) in [5, 5.41) is 0. The van der Waals surface area contributed by atoms with Crippen LogP contribution in [0.4, 0.5) is 0 Å². The van der Waals surface area contributed by atoms with Gasteiger partial charge in [0.1, 0.15) is 0 Å². The molecule has 0 fully saturated rings. The van der Waals surface area contributed by atoms with Crippen LogP contribution in [0, 0.1) is 0 Å². The highest BCUT2D eigenvalue weighted by Crippen LogP contribution is 2.12. The van der Waals surface area contributed by atoms with Gasteiger partial charge in [-0.2, -0.15) is 0 Å². The predicted octanol–water partition coefficient (Wildman–Crippen LogP) is 1.87. The van der Waals surface area contributed by atoms with E-state index in [0.717, 1.165) is 5.88 Å². The molecular formula is C4H11Cl2O3P. The zero-order chi connectivity index (χ0) is 8.41. The van der Waals surface area contributed by atoms with E-state index in [1.54, 1.807) is 0 Å². The summed E-state index contributed by atoms with van der Waals surface area (Å²) in [7, 11) is -2.73. The maximum Gasteiger partial charge on any atom is 0.316 e. The van der Waals surface area contributed by atoms with Gasteiger partial charge in [0.2, 0.25) is 0 Å². The maximum absolute atomic E-state index is 9.66. The average Bonchev–Trinajstić information content (AvgIpc) is 1.85. The van der Waals surface area contributed by atoms with E-state index >= 15 is 0 Å². The van der Waals surface area contributed by atoms with Crippen molar-refractivity contribution in [3.8, 4) is 0 Å². The van der Waals surface area contributed by atoms with Crippen LogP contribution in [-0.2, 0) is 9.09 Å². The summed E-state index contributed by atoms with van der Waals surface area (Å²) in [5.74, 6) is 0.983. The van der Waals surface area contributed by atoms with Gasteiger partial charge in [0.25, 0.3) is 0 Å². The highest BCUT2D eigenvalue weighted by Gasteiger charge is 1.86. The van der Waals surface area contributed by atoms with Crippen molar-refractivity contribution >= 4 is 31.5 Å². The largest absolute Gasteiger partial charge is 0.326 e. The van der Waals surface area contributed by atoms with Gasteiger partial charge in [-0.1, -0.05) is 6.92 Å². The molecule has 0 heterocycles. The summed E-state index contributed by atoms with van der Waals surface area (Å²) in [5.41, 5.74) is 0. The molecule has 10 heavy (non-hydrogen) atoms. The van der Waals surface area contributed by atoms with Gasteiger partial charge in [-0.15, -0.1) is 23.2 Å². The van der Waals surface area contributed by atoms with Gasteiger partial charge in [0, 0.05) is 11.8 Å². The van der Waals surface area contributed by atoms with Crippen molar-refractivity contribution in [2.24, 2.45) is 0 Å². The molecule has 0 rings (SSSR count). The van der Waals surface area contributed by atoms with E-state index in [2.05, 4.69) is 4.52 Å². The van der Waals surface area contributed by atoms with Gasteiger partial charge in [0.15, 0.2) is 0 Å². The van der Waals surface area contributed by atoms with Crippen molar-refractivity contribution < 1.29 is 14.0 Å². The lowest BCUT2D eigenvalue weighted by molar-refractivity contribution is 0.299. The minimum Gasteiger partial charge on any atom is -0.326 e. The Labute approximate surface area is 71.2 Å². The summed E-state index contributed by atoms with van der Waals surface area (Å²) in [6.45, 7) is 2.04. The van der Waals surface area contributed by atoms with Gasteiger partial charge in [0.05, 0.1) is 6.61 Å². The number of hydrogen-bond donors (Lipinski definition) is 1. The van der Waals surface area contributed by atoms with Crippen LogP contribution < -0.4 is 0 Å². The van der Waals surface area contributed by atoms with Crippen LogP contribution in [0.15, 0.2) is 0 Å².